The van der Waals surface area contributed by atoms with Gasteiger partial charge in [0, 0.05) is 17.1 Å². The number of halogens is 1. The second-order valence-corrected chi connectivity index (χ2v) is 8.16. The molecule has 0 radical (unpaired) electrons. The van der Waals surface area contributed by atoms with Crippen molar-refractivity contribution in [1.82, 2.24) is 10.2 Å². The van der Waals surface area contributed by atoms with Crippen LogP contribution in [0.1, 0.15) is 38.3 Å². The summed E-state index contributed by atoms with van der Waals surface area (Å²) in [6.45, 7) is 7.89. The Bertz CT molecular complexity index is 823. The average molecular weight is 461 g/mol. The highest BCUT2D eigenvalue weighted by atomic mass is 79.9. The van der Waals surface area contributed by atoms with Crippen molar-refractivity contribution in [3.8, 4) is 5.75 Å². The van der Waals surface area contributed by atoms with Gasteiger partial charge >= 0.3 is 0 Å². The molecule has 6 heteroatoms. The maximum Gasteiger partial charge on any atom is 0.261 e. The lowest BCUT2D eigenvalue weighted by Gasteiger charge is -2.29. The van der Waals surface area contributed by atoms with Gasteiger partial charge in [-0.2, -0.15) is 0 Å². The monoisotopic (exact) mass is 460 g/mol. The van der Waals surface area contributed by atoms with Gasteiger partial charge in [0.15, 0.2) is 6.61 Å². The lowest BCUT2D eigenvalue weighted by molar-refractivity contribution is -0.142. The number of hydrogen-bond donors (Lipinski definition) is 1. The lowest BCUT2D eigenvalue weighted by atomic mass is 10.1. The summed E-state index contributed by atoms with van der Waals surface area (Å²) in [5.41, 5.74) is 2.00. The molecule has 0 aliphatic rings. The molecule has 2 amide bonds. The molecule has 0 aliphatic heterocycles. The zero-order valence-corrected chi connectivity index (χ0v) is 19.0. The topological polar surface area (TPSA) is 58.6 Å². The van der Waals surface area contributed by atoms with Gasteiger partial charge in [-0.1, -0.05) is 47.1 Å². The standard InChI is InChI=1S/C23H29BrN2O3/c1-5-17(3)25-23(28)18(4)26(14-19-9-11-20(24)12-10-19)22(27)15-29-21-8-6-7-16(2)13-21/h6-13,17-18H,5,14-15H2,1-4H3,(H,25,28)/t17-,18+/m0/s1. The summed E-state index contributed by atoms with van der Waals surface area (Å²) in [5.74, 6) is 0.236. The number of ether oxygens (including phenoxy) is 1. The molecule has 2 rings (SSSR count). The maximum atomic E-state index is 13.0. The minimum atomic E-state index is -0.610. The Labute approximate surface area is 181 Å². The van der Waals surface area contributed by atoms with Crippen molar-refractivity contribution in [3.63, 3.8) is 0 Å². The van der Waals surface area contributed by atoms with E-state index in [-0.39, 0.29) is 24.5 Å². The summed E-state index contributed by atoms with van der Waals surface area (Å²) in [7, 11) is 0. The highest BCUT2D eigenvalue weighted by Gasteiger charge is 2.27. The number of rotatable bonds is 9. The summed E-state index contributed by atoms with van der Waals surface area (Å²) in [5, 5.41) is 2.96. The molecule has 156 valence electrons. The maximum absolute atomic E-state index is 13.0. The first kappa shape index (κ1) is 22.9. The van der Waals surface area contributed by atoms with Crippen LogP contribution < -0.4 is 10.1 Å². The summed E-state index contributed by atoms with van der Waals surface area (Å²) < 4.78 is 6.65. The first-order valence-corrected chi connectivity index (χ1v) is 10.6. The molecule has 0 unspecified atom stereocenters. The van der Waals surface area contributed by atoms with E-state index in [1.807, 2.05) is 69.3 Å². The van der Waals surface area contributed by atoms with Crippen LogP contribution in [0.4, 0.5) is 0 Å². The van der Waals surface area contributed by atoms with Crippen LogP contribution in [0.3, 0.4) is 0 Å². The predicted molar refractivity (Wildman–Crippen MR) is 119 cm³/mol. The summed E-state index contributed by atoms with van der Waals surface area (Å²) >= 11 is 3.42. The Morgan fingerprint density at radius 1 is 1.14 bits per heavy atom. The number of carbonyl (C=O) groups excluding carboxylic acids is 2. The third kappa shape index (κ3) is 7.20. The molecule has 0 saturated carbocycles. The molecule has 0 bridgehead atoms. The molecule has 2 aromatic carbocycles. The number of aryl methyl sites for hydroxylation is 1. The Hall–Kier alpha value is -2.34. The second kappa shape index (κ2) is 11.0. The zero-order chi connectivity index (χ0) is 21.4. The van der Waals surface area contributed by atoms with Gasteiger partial charge in [-0.3, -0.25) is 9.59 Å². The normalized spacial score (nSPS) is 12.7. The third-order valence-electron chi connectivity index (χ3n) is 4.79. The van der Waals surface area contributed by atoms with Gasteiger partial charge in [0.25, 0.3) is 5.91 Å². The Morgan fingerprint density at radius 3 is 2.45 bits per heavy atom. The van der Waals surface area contributed by atoms with E-state index in [1.165, 1.54) is 0 Å². The van der Waals surface area contributed by atoms with E-state index < -0.39 is 6.04 Å². The Morgan fingerprint density at radius 2 is 1.83 bits per heavy atom. The number of nitrogens with one attached hydrogen (secondary N) is 1. The smallest absolute Gasteiger partial charge is 0.261 e. The first-order chi connectivity index (χ1) is 13.8. The van der Waals surface area contributed by atoms with Crippen molar-refractivity contribution in [2.75, 3.05) is 6.61 Å². The number of benzene rings is 2. The van der Waals surface area contributed by atoms with Crippen LogP contribution in [0.25, 0.3) is 0 Å². The molecule has 2 aromatic rings. The molecule has 0 saturated heterocycles. The molecular weight excluding hydrogens is 432 g/mol. The van der Waals surface area contributed by atoms with Gasteiger partial charge in [0.2, 0.25) is 5.91 Å². The van der Waals surface area contributed by atoms with Gasteiger partial charge in [-0.05, 0) is 62.6 Å². The Kier molecular flexibility index (Phi) is 8.70. The van der Waals surface area contributed by atoms with Crippen molar-refractivity contribution >= 4 is 27.7 Å². The van der Waals surface area contributed by atoms with E-state index in [0.717, 1.165) is 22.0 Å². The molecule has 0 fully saturated rings. The number of carbonyl (C=O) groups is 2. The quantitative estimate of drug-likeness (QED) is 0.600. The largest absolute Gasteiger partial charge is 0.484 e. The summed E-state index contributed by atoms with van der Waals surface area (Å²) in [4.78, 5) is 27.2. The molecule has 29 heavy (non-hydrogen) atoms. The molecule has 0 aromatic heterocycles. The van der Waals surface area contributed by atoms with E-state index in [2.05, 4.69) is 21.2 Å². The number of hydrogen-bond acceptors (Lipinski definition) is 3. The zero-order valence-electron chi connectivity index (χ0n) is 17.4. The third-order valence-corrected chi connectivity index (χ3v) is 5.32. The molecule has 0 spiro atoms. The predicted octanol–water partition coefficient (Wildman–Crippen LogP) is 4.47. The van der Waals surface area contributed by atoms with Crippen molar-refractivity contribution in [1.29, 1.82) is 0 Å². The fourth-order valence-electron chi connectivity index (χ4n) is 2.77. The van der Waals surface area contributed by atoms with Crippen LogP contribution >= 0.6 is 15.9 Å². The van der Waals surface area contributed by atoms with Crippen LogP contribution in [-0.4, -0.2) is 35.4 Å². The highest BCUT2D eigenvalue weighted by Crippen LogP contribution is 2.16. The average Bonchev–Trinajstić information content (AvgIpc) is 2.71. The van der Waals surface area contributed by atoms with Crippen LogP contribution in [0, 0.1) is 6.92 Å². The van der Waals surface area contributed by atoms with Gasteiger partial charge in [-0.15, -0.1) is 0 Å². The molecule has 1 N–H and O–H groups in total. The van der Waals surface area contributed by atoms with E-state index in [4.69, 9.17) is 4.74 Å². The summed E-state index contributed by atoms with van der Waals surface area (Å²) in [6.07, 6.45) is 0.829. The summed E-state index contributed by atoms with van der Waals surface area (Å²) in [6, 6.07) is 14.7. The van der Waals surface area contributed by atoms with Gasteiger partial charge in [0.1, 0.15) is 11.8 Å². The van der Waals surface area contributed by atoms with E-state index in [9.17, 15) is 9.59 Å². The lowest BCUT2D eigenvalue weighted by Crippen LogP contribution is -2.50. The van der Waals surface area contributed by atoms with Crippen LogP contribution in [0.5, 0.6) is 5.75 Å². The van der Waals surface area contributed by atoms with E-state index >= 15 is 0 Å². The van der Waals surface area contributed by atoms with Gasteiger partial charge < -0.3 is 15.0 Å². The van der Waals surface area contributed by atoms with Crippen molar-refractivity contribution in [3.05, 3.63) is 64.1 Å². The van der Waals surface area contributed by atoms with Crippen molar-refractivity contribution < 1.29 is 14.3 Å². The second-order valence-electron chi connectivity index (χ2n) is 7.25. The SMILES string of the molecule is CC[C@H](C)NC(=O)[C@@H](C)N(Cc1ccc(Br)cc1)C(=O)COc1cccc(C)c1. The minimum absolute atomic E-state index is 0.0538. The molecule has 5 nitrogen and oxygen atoms in total. The van der Waals surface area contributed by atoms with Gasteiger partial charge in [-0.25, -0.2) is 0 Å². The van der Waals surface area contributed by atoms with Crippen molar-refractivity contribution in [2.45, 2.75) is 52.7 Å². The number of amides is 2. The van der Waals surface area contributed by atoms with Crippen molar-refractivity contribution in [2.24, 2.45) is 0 Å². The van der Waals surface area contributed by atoms with Crippen LogP contribution in [0.15, 0.2) is 53.0 Å². The molecule has 2 atom stereocenters. The molecule has 0 aliphatic carbocycles. The molecule has 0 heterocycles. The van der Waals surface area contributed by atoms with E-state index in [1.54, 1.807) is 11.8 Å². The fourth-order valence-corrected chi connectivity index (χ4v) is 3.03. The van der Waals surface area contributed by atoms with Crippen LogP contribution in [0.2, 0.25) is 0 Å². The van der Waals surface area contributed by atoms with Crippen LogP contribution in [-0.2, 0) is 16.1 Å². The van der Waals surface area contributed by atoms with Gasteiger partial charge in [0.05, 0.1) is 0 Å². The van der Waals surface area contributed by atoms with E-state index in [0.29, 0.717) is 12.3 Å². The Balaban J connectivity index is 2.14. The minimum Gasteiger partial charge on any atom is -0.484 e. The molecular formula is C23H29BrN2O3. The first-order valence-electron chi connectivity index (χ1n) is 9.84. The fraction of sp³-hybridized carbons (Fsp3) is 0.391. The number of nitrogens with zero attached hydrogens (tertiary/aromatic N) is 1. The highest BCUT2D eigenvalue weighted by molar-refractivity contribution is 9.10.